The number of nitrogens with one attached hydrogen (secondary N) is 1. The van der Waals surface area contributed by atoms with Crippen molar-refractivity contribution in [1.29, 1.82) is 0 Å². The van der Waals surface area contributed by atoms with Crippen molar-refractivity contribution in [1.82, 2.24) is 5.32 Å². The maximum Gasteiger partial charge on any atom is 0.320 e. The molecule has 0 aromatic heterocycles. The molecule has 12 heteroatoms. The van der Waals surface area contributed by atoms with E-state index in [-0.39, 0.29) is 5.56 Å². The normalized spacial score (nSPS) is 17.8. The third kappa shape index (κ3) is 4.96. The van der Waals surface area contributed by atoms with Gasteiger partial charge in [0.2, 0.25) is 0 Å². The lowest BCUT2D eigenvalue weighted by Crippen LogP contribution is -2.47. The molecule has 0 unspecified atom stereocenters. The second-order valence-electron chi connectivity index (χ2n) is 6.44. The monoisotopic (exact) mass is 421 g/mol. The van der Waals surface area contributed by atoms with Crippen LogP contribution >= 0.6 is 0 Å². The van der Waals surface area contributed by atoms with Crippen LogP contribution in [0.1, 0.15) is 23.2 Å². The van der Waals surface area contributed by atoms with Gasteiger partial charge in [-0.3, -0.25) is 34.6 Å². The van der Waals surface area contributed by atoms with Gasteiger partial charge in [0.05, 0.1) is 41.7 Å². The minimum atomic E-state index is -1.30. The molecule has 0 bridgehead atoms. The first-order valence-corrected chi connectivity index (χ1v) is 8.76. The molecular formula is C18H19N3O9. The molecular weight excluding hydrogens is 402 g/mol. The van der Waals surface area contributed by atoms with Gasteiger partial charge in [-0.15, -0.1) is 0 Å². The molecule has 12 nitrogen and oxygen atoms in total. The highest BCUT2D eigenvalue weighted by Gasteiger charge is 2.41. The quantitative estimate of drug-likeness (QED) is 0.225. The number of esters is 2. The van der Waals surface area contributed by atoms with Gasteiger partial charge >= 0.3 is 11.9 Å². The van der Waals surface area contributed by atoms with Crippen LogP contribution in [-0.2, 0) is 19.1 Å². The number of carbonyl (C=O) groups excluding carboxylic acids is 3. The lowest BCUT2D eigenvalue weighted by Gasteiger charge is -2.32. The number of nitrogens with zero attached hydrogens (tertiary/aromatic N) is 2. The van der Waals surface area contributed by atoms with Crippen molar-refractivity contribution in [3.63, 3.8) is 0 Å². The van der Waals surface area contributed by atoms with Gasteiger partial charge in [-0.25, -0.2) is 0 Å². The zero-order valence-corrected chi connectivity index (χ0v) is 16.1. The van der Waals surface area contributed by atoms with Gasteiger partial charge in [-0.2, -0.15) is 0 Å². The topological polar surface area (TPSA) is 168 Å². The summed E-state index contributed by atoms with van der Waals surface area (Å²) in [5.41, 5.74) is -1.54. The fraction of sp³-hybridized carbons (Fsp3) is 0.389. The lowest BCUT2D eigenvalue weighted by molar-refractivity contribution is -0.394. The molecule has 1 amide bonds. The number of nitro groups is 2. The molecule has 1 aliphatic rings. The van der Waals surface area contributed by atoms with Crippen molar-refractivity contribution < 1.29 is 33.7 Å². The Morgan fingerprint density at radius 2 is 1.57 bits per heavy atom. The van der Waals surface area contributed by atoms with Crippen LogP contribution in [0.25, 0.3) is 0 Å². The molecule has 0 radical (unpaired) electrons. The first-order valence-electron chi connectivity index (χ1n) is 8.76. The van der Waals surface area contributed by atoms with Crippen molar-refractivity contribution in [2.45, 2.75) is 18.9 Å². The Hall–Kier alpha value is -3.83. The van der Waals surface area contributed by atoms with Gasteiger partial charge in [-0.05, 0) is 12.8 Å². The Kier molecular flexibility index (Phi) is 7.17. The minimum Gasteiger partial charge on any atom is -0.468 e. The predicted molar refractivity (Wildman–Crippen MR) is 100 cm³/mol. The first-order chi connectivity index (χ1) is 14.2. The molecule has 0 heterocycles. The van der Waals surface area contributed by atoms with E-state index in [4.69, 9.17) is 0 Å². The van der Waals surface area contributed by atoms with Crippen LogP contribution in [-0.4, -0.2) is 48.0 Å². The maximum absolute atomic E-state index is 12.7. The molecule has 160 valence electrons. The van der Waals surface area contributed by atoms with Crippen LogP contribution in [0.4, 0.5) is 11.4 Å². The van der Waals surface area contributed by atoms with Crippen molar-refractivity contribution in [2.75, 3.05) is 14.2 Å². The van der Waals surface area contributed by atoms with Crippen LogP contribution < -0.4 is 5.32 Å². The average Bonchev–Trinajstić information content (AvgIpc) is 2.74. The van der Waals surface area contributed by atoms with Gasteiger partial charge in [0, 0.05) is 18.1 Å². The Morgan fingerprint density at radius 3 is 2.03 bits per heavy atom. The molecule has 1 aromatic rings. The number of hydrogen-bond acceptors (Lipinski definition) is 9. The number of amides is 1. The smallest absolute Gasteiger partial charge is 0.320 e. The van der Waals surface area contributed by atoms with E-state index in [0.29, 0.717) is 12.8 Å². The van der Waals surface area contributed by atoms with E-state index in [9.17, 15) is 34.6 Å². The number of carbonyl (C=O) groups is 3. The van der Waals surface area contributed by atoms with E-state index in [0.717, 1.165) is 32.4 Å². The van der Waals surface area contributed by atoms with Crippen LogP contribution in [0.5, 0.6) is 0 Å². The molecule has 0 fully saturated rings. The minimum absolute atomic E-state index is 0.304. The number of rotatable bonds is 7. The van der Waals surface area contributed by atoms with E-state index < -0.39 is 56.9 Å². The van der Waals surface area contributed by atoms with Crippen molar-refractivity contribution >= 4 is 29.2 Å². The molecule has 2 atom stereocenters. The predicted octanol–water partition coefficient (Wildman–Crippen LogP) is 1.53. The summed E-state index contributed by atoms with van der Waals surface area (Å²) in [6.07, 6.45) is 4.20. The summed E-state index contributed by atoms with van der Waals surface area (Å²) in [6, 6.07) is 1.74. The van der Waals surface area contributed by atoms with Crippen LogP contribution in [0.2, 0.25) is 0 Å². The third-order valence-corrected chi connectivity index (χ3v) is 4.69. The molecule has 1 aromatic carbocycles. The summed E-state index contributed by atoms with van der Waals surface area (Å²) in [7, 11) is 2.24. The summed E-state index contributed by atoms with van der Waals surface area (Å²) in [4.78, 5) is 57.3. The van der Waals surface area contributed by atoms with Crippen LogP contribution in [0, 0.1) is 32.1 Å². The highest BCUT2D eigenvalue weighted by molar-refractivity contribution is 5.97. The molecule has 30 heavy (non-hydrogen) atoms. The first kappa shape index (κ1) is 22.5. The Bertz CT molecular complexity index is 864. The lowest BCUT2D eigenvalue weighted by atomic mass is 9.79. The molecule has 2 rings (SSSR count). The van der Waals surface area contributed by atoms with Gasteiger partial charge in [0.15, 0.2) is 5.92 Å². The van der Waals surface area contributed by atoms with Gasteiger partial charge in [-0.1, -0.05) is 12.2 Å². The van der Waals surface area contributed by atoms with Gasteiger partial charge in [0.25, 0.3) is 17.3 Å². The van der Waals surface area contributed by atoms with Crippen LogP contribution in [0.15, 0.2) is 30.4 Å². The summed E-state index contributed by atoms with van der Waals surface area (Å²) in [5.74, 6) is -4.49. The molecule has 0 spiro atoms. The zero-order chi connectivity index (χ0) is 22.4. The average molecular weight is 421 g/mol. The molecule has 1 N–H and O–H groups in total. The molecule has 1 aliphatic carbocycles. The summed E-state index contributed by atoms with van der Waals surface area (Å²) < 4.78 is 9.37. The van der Waals surface area contributed by atoms with Crippen molar-refractivity contribution in [3.8, 4) is 0 Å². The van der Waals surface area contributed by atoms with Crippen molar-refractivity contribution in [3.05, 3.63) is 56.1 Å². The fourth-order valence-corrected chi connectivity index (χ4v) is 3.25. The molecule has 0 aliphatic heterocycles. The fourth-order valence-electron chi connectivity index (χ4n) is 3.25. The second-order valence-corrected chi connectivity index (χ2v) is 6.44. The summed E-state index contributed by atoms with van der Waals surface area (Å²) in [5, 5.41) is 24.6. The van der Waals surface area contributed by atoms with E-state index in [2.05, 4.69) is 14.8 Å². The number of allylic oxidation sites excluding steroid dienone is 1. The van der Waals surface area contributed by atoms with E-state index >= 15 is 0 Å². The summed E-state index contributed by atoms with van der Waals surface area (Å²) >= 11 is 0. The highest BCUT2D eigenvalue weighted by Crippen LogP contribution is 2.29. The number of non-ortho nitro benzene ring substituents is 2. The molecule has 0 saturated carbocycles. The van der Waals surface area contributed by atoms with Gasteiger partial charge in [0.1, 0.15) is 0 Å². The Morgan fingerprint density at radius 1 is 1.03 bits per heavy atom. The number of ether oxygens (including phenoxy) is 2. The van der Waals surface area contributed by atoms with E-state index in [1.165, 1.54) is 0 Å². The van der Waals surface area contributed by atoms with E-state index in [1.807, 2.05) is 0 Å². The molecule has 0 saturated heterocycles. The number of nitro benzene ring substituents is 2. The highest BCUT2D eigenvalue weighted by atomic mass is 16.6. The van der Waals surface area contributed by atoms with Crippen LogP contribution in [0.3, 0.4) is 0 Å². The summed E-state index contributed by atoms with van der Waals surface area (Å²) in [6.45, 7) is 0. The largest absolute Gasteiger partial charge is 0.468 e. The van der Waals surface area contributed by atoms with Gasteiger partial charge < -0.3 is 14.8 Å². The number of benzene rings is 1. The third-order valence-electron chi connectivity index (χ3n) is 4.69. The zero-order valence-electron chi connectivity index (χ0n) is 16.1. The Balaban J connectivity index is 2.35. The standard InChI is InChI=1S/C18H19N3O9/c1-29-17(23)15(18(24)30-2)13-5-3-4-6-14(13)19-16(22)10-7-11(20(25)26)9-12(8-10)21(27)28/h4,6-9,13-15H,3,5H2,1-2H3,(H,19,22)/t13-,14-/m1/s1. The SMILES string of the molecule is COC(=O)C(C(=O)OC)[C@@H]1CCC=C[C@H]1NC(=O)c1cc([N+](=O)[O-])cc([N+](=O)[O-])c1. The van der Waals surface area contributed by atoms with E-state index in [1.54, 1.807) is 12.2 Å². The Labute approximate surface area is 170 Å². The number of hydrogen-bond donors (Lipinski definition) is 1. The number of methoxy groups -OCH3 is 2. The maximum atomic E-state index is 12.7. The van der Waals surface area contributed by atoms with Crippen molar-refractivity contribution in [2.24, 2.45) is 11.8 Å². The second kappa shape index (κ2) is 9.58.